The van der Waals surface area contributed by atoms with E-state index in [1.54, 1.807) is 12.0 Å². The molecule has 0 aromatic heterocycles. The van der Waals surface area contributed by atoms with Crippen LogP contribution in [-0.2, 0) is 16.1 Å². The molecule has 31 heavy (non-hydrogen) atoms. The maximum atomic E-state index is 12.4. The van der Waals surface area contributed by atoms with Crippen molar-refractivity contribution >= 4 is 17.8 Å². The zero-order valence-electron chi connectivity index (χ0n) is 18.3. The lowest BCUT2D eigenvalue weighted by atomic mass is 9.95. The molecule has 0 unspecified atom stereocenters. The largest absolute Gasteiger partial charge is 0.497 e. The number of benzene rings is 1. The van der Waals surface area contributed by atoms with E-state index in [4.69, 9.17) is 4.74 Å². The first-order valence-corrected chi connectivity index (χ1v) is 11.3. The maximum Gasteiger partial charge on any atom is 0.317 e. The molecule has 2 fully saturated rings. The third kappa shape index (κ3) is 7.15. The van der Waals surface area contributed by atoms with Gasteiger partial charge in [0.05, 0.1) is 13.7 Å². The monoisotopic (exact) mass is 430 g/mol. The Labute approximate surface area is 184 Å². The van der Waals surface area contributed by atoms with Crippen molar-refractivity contribution in [2.75, 3.05) is 26.7 Å². The predicted octanol–water partition coefficient (Wildman–Crippen LogP) is 2.18. The minimum absolute atomic E-state index is 0.0105. The van der Waals surface area contributed by atoms with E-state index >= 15 is 0 Å². The molecule has 1 aromatic carbocycles. The minimum Gasteiger partial charge on any atom is -0.497 e. The number of hydrogen-bond acceptors (Lipinski definition) is 4. The van der Waals surface area contributed by atoms with Crippen molar-refractivity contribution in [3.05, 3.63) is 29.8 Å². The molecule has 8 nitrogen and oxygen atoms in total. The highest BCUT2D eigenvalue weighted by Gasteiger charge is 2.28. The van der Waals surface area contributed by atoms with Gasteiger partial charge in [0.15, 0.2) is 0 Å². The van der Waals surface area contributed by atoms with Crippen LogP contribution in [0.15, 0.2) is 24.3 Å². The Morgan fingerprint density at radius 1 is 0.968 bits per heavy atom. The van der Waals surface area contributed by atoms with Crippen molar-refractivity contribution in [3.8, 4) is 5.75 Å². The second kappa shape index (κ2) is 11.6. The van der Waals surface area contributed by atoms with Crippen LogP contribution in [0.5, 0.6) is 5.75 Å². The molecule has 0 bridgehead atoms. The van der Waals surface area contributed by atoms with Crippen LogP contribution in [0.25, 0.3) is 0 Å². The summed E-state index contributed by atoms with van der Waals surface area (Å²) in [5.74, 6) is 0.258. The average Bonchev–Trinajstić information content (AvgIpc) is 2.82. The number of amides is 4. The molecular formula is C23H34N4O4. The van der Waals surface area contributed by atoms with Crippen LogP contribution in [0.1, 0.15) is 50.5 Å². The van der Waals surface area contributed by atoms with Crippen LogP contribution in [0.2, 0.25) is 0 Å². The smallest absolute Gasteiger partial charge is 0.317 e. The SMILES string of the molecule is COc1ccc(CNC(=O)CNC(=O)C2CCN(C(=O)NC3CCCCC3)CC2)cc1. The van der Waals surface area contributed by atoms with Crippen LogP contribution in [-0.4, -0.2) is 55.5 Å². The molecular weight excluding hydrogens is 396 g/mol. The Bertz CT molecular complexity index is 738. The summed E-state index contributed by atoms with van der Waals surface area (Å²) in [6.45, 7) is 1.49. The molecule has 0 spiro atoms. The summed E-state index contributed by atoms with van der Waals surface area (Å²) in [7, 11) is 1.61. The zero-order valence-corrected chi connectivity index (χ0v) is 18.3. The fraction of sp³-hybridized carbons (Fsp3) is 0.609. The number of hydrogen-bond donors (Lipinski definition) is 3. The number of carbonyl (C=O) groups is 3. The van der Waals surface area contributed by atoms with E-state index in [9.17, 15) is 14.4 Å². The molecule has 3 N–H and O–H groups in total. The van der Waals surface area contributed by atoms with Crippen LogP contribution in [0.4, 0.5) is 4.79 Å². The van der Waals surface area contributed by atoms with Gasteiger partial charge in [-0.05, 0) is 43.4 Å². The molecule has 1 saturated carbocycles. The van der Waals surface area contributed by atoms with Crippen molar-refractivity contribution in [1.29, 1.82) is 0 Å². The summed E-state index contributed by atoms with van der Waals surface area (Å²) >= 11 is 0. The van der Waals surface area contributed by atoms with Crippen molar-refractivity contribution < 1.29 is 19.1 Å². The number of rotatable bonds is 7. The second-order valence-corrected chi connectivity index (χ2v) is 8.39. The van der Waals surface area contributed by atoms with Gasteiger partial charge in [0, 0.05) is 31.6 Å². The summed E-state index contributed by atoms with van der Waals surface area (Å²) in [6, 6.07) is 7.73. The van der Waals surface area contributed by atoms with E-state index in [2.05, 4.69) is 16.0 Å². The number of nitrogens with one attached hydrogen (secondary N) is 3. The quantitative estimate of drug-likeness (QED) is 0.617. The first-order chi connectivity index (χ1) is 15.0. The third-order valence-corrected chi connectivity index (χ3v) is 6.16. The number of carbonyl (C=O) groups excluding carboxylic acids is 3. The van der Waals surface area contributed by atoms with Crippen LogP contribution in [0.3, 0.4) is 0 Å². The molecule has 4 amide bonds. The van der Waals surface area contributed by atoms with Gasteiger partial charge in [0.2, 0.25) is 11.8 Å². The summed E-state index contributed by atoms with van der Waals surface area (Å²) in [5, 5.41) is 8.66. The van der Waals surface area contributed by atoms with Gasteiger partial charge in [-0.1, -0.05) is 31.4 Å². The first kappa shape index (κ1) is 22.9. The van der Waals surface area contributed by atoms with Gasteiger partial charge >= 0.3 is 6.03 Å². The lowest BCUT2D eigenvalue weighted by molar-refractivity contribution is -0.129. The van der Waals surface area contributed by atoms with E-state index in [0.29, 0.717) is 38.5 Å². The number of ether oxygens (including phenoxy) is 1. The molecule has 1 aliphatic heterocycles. The molecule has 1 aliphatic carbocycles. The number of methoxy groups -OCH3 is 1. The number of likely N-dealkylation sites (tertiary alicyclic amines) is 1. The molecule has 170 valence electrons. The number of urea groups is 1. The van der Waals surface area contributed by atoms with Crippen molar-refractivity contribution in [1.82, 2.24) is 20.9 Å². The third-order valence-electron chi connectivity index (χ3n) is 6.16. The Kier molecular flexibility index (Phi) is 8.55. The maximum absolute atomic E-state index is 12.4. The minimum atomic E-state index is -0.228. The van der Waals surface area contributed by atoms with Gasteiger partial charge < -0.3 is 25.6 Å². The first-order valence-electron chi connectivity index (χ1n) is 11.3. The molecule has 0 atom stereocenters. The van der Waals surface area contributed by atoms with Crippen molar-refractivity contribution in [2.45, 2.75) is 57.5 Å². The molecule has 1 aromatic rings. The van der Waals surface area contributed by atoms with Gasteiger partial charge in [0.1, 0.15) is 5.75 Å². The summed E-state index contributed by atoms with van der Waals surface area (Å²) in [6.07, 6.45) is 6.99. The van der Waals surface area contributed by atoms with Crippen LogP contribution >= 0.6 is 0 Å². The fourth-order valence-corrected chi connectivity index (χ4v) is 4.18. The van der Waals surface area contributed by atoms with E-state index < -0.39 is 0 Å². The molecule has 2 aliphatic rings. The van der Waals surface area contributed by atoms with E-state index in [0.717, 1.165) is 24.2 Å². The fourth-order valence-electron chi connectivity index (χ4n) is 4.18. The van der Waals surface area contributed by atoms with Crippen molar-refractivity contribution in [2.24, 2.45) is 5.92 Å². The number of nitrogens with zero attached hydrogens (tertiary/aromatic N) is 1. The van der Waals surface area contributed by atoms with E-state index in [1.165, 1.54) is 19.3 Å². The highest BCUT2D eigenvalue weighted by atomic mass is 16.5. The lowest BCUT2D eigenvalue weighted by Gasteiger charge is -2.33. The molecule has 1 saturated heterocycles. The van der Waals surface area contributed by atoms with Gasteiger partial charge in [-0.2, -0.15) is 0 Å². The van der Waals surface area contributed by atoms with E-state index in [1.807, 2.05) is 24.3 Å². The Morgan fingerprint density at radius 3 is 2.29 bits per heavy atom. The van der Waals surface area contributed by atoms with Gasteiger partial charge in [0.25, 0.3) is 0 Å². The lowest BCUT2D eigenvalue weighted by Crippen LogP contribution is -2.50. The predicted molar refractivity (Wildman–Crippen MR) is 118 cm³/mol. The van der Waals surface area contributed by atoms with Crippen LogP contribution < -0.4 is 20.7 Å². The number of piperidine rings is 1. The van der Waals surface area contributed by atoms with Gasteiger partial charge in [-0.3, -0.25) is 9.59 Å². The van der Waals surface area contributed by atoms with Gasteiger partial charge in [-0.25, -0.2) is 4.79 Å². The molecule has 3 rings (SSSR count). The summed E-state index contributed by atoms with van der Waals surface area (Å²) < 4.78 is 5.11. The standard InChI is InChI=1S/C23H34N4O4/c1-31-20-9-7-17(8-10-20)15-24-21(28)16-25-22(29)18-11-13-27(14-12-18)23(30)26-19-5-3-2-4-6-19/h7-10,18-19H,2-6,11-16H2,1H3,(H,24,28)(H,25,29)(H,26,30). The van der Waals surface area contributed by atoms with E-state index in [-0.39, 0.29) is 30.3 Å². The normalized spacial score (nSPS) is 17.6. The van der Waals surface area contributed by atoms with Crippen molar-refractivity contribution in [3.63, 3.8) is 0 Å². The Balaban J connectivity index is 1.31. The van der Waals surface area contributed by atoms with Gasteiger partial charge in [-0.15, -0.1) is 0 Å². The highest BCUT2D eigenvalue weighted by molar-refractivity contribution is 5.86. The topological polar surface area (TPSA) is 99.8 Å². The average molecular weight is 431 g/mol. The Morgan fingerprint density at radius 2 is 1.65 bits per heavy atom. The molecule has 1 heterocycles. The zero-order chi connectivity index (χ0) is 22.1. The molecule has 0 radical (unpaired) electrons. The summed E-state index contributed by atoms with van der Waals surface area (Å²) in [4.78, 5) is 38.7. The second-order valence-electron chi connectivity index (χ2n) is 8.39. The van der Waals surface area contributed by atoms with Crippen LogP contribution in [0, 0.1) is 5.92 Å². The highest BCUT2D eigenvalue weighted by Crippen LogP contribution is 2.20. The summed E-state index contributed by atoms with van der Waals surface area (Å²) in [5.41, 5.74) is 0.958. The Hall–Kier alpha value is -2.77. The molecule has 8 heteroatoms.